The van der Waals surface area contributed by atoms with Crippen molar-refractivity contribution in [2.75, 3.05) is 6.26 Å². The van der Waals surface area contributed by atoms with Crippen molar-refractivity contribution >= 4 is 37.5 Å². The van der Waals surface area contributed by atoms with Crippen LogP contribution in [0.15, 0.2) is 57.9 Å². The van der Waals surface area contributed by atoms with E-state index in [0.717, 1.165) is 16.3 Å². The number of halogens is 1. The Morgan fingerprint density at radius 3 is 2.12 bits per heavy atom. The van der Waals surface area contributed by atoms with E-state index in [-0.39, 0.29) is 35.5 Å². The van der Waals surface area contributed by atoms with Crippen molar-refractivity contribution in [2.24, 2.45) is 0 Å². The van der Waals surface area contributed by atoms with Gasteiger partial charge in [0.2, 0.25) is 5.91 Å². The lowest BCUT2D eigenvalue weighted by atomic mass is 10.1. The molecule has 0 bridgehead atoms. The summed E-state index contributed by atoms with van der Waals surface area (Å²) in [6.45, 7) is 1.81. The molecular formula is C19H20BrNO4S. The first kappa shape index (κ1) is 20.3. The topological polar surface area (TPSA) is 80.3 Å². The second kappa shape index (κ2) is 8.60. The highest BCUT2D eigenvalue weighted by atomic mass is 79.9. The summed E-state index contributed by atoms with van der Waals surface area (Å²) in [5, 5.41) is 2.82. The summed E-state index contributed by atoms with van der Waals surface area (Å²) in [4.78, 5) is 24.4. The zero-order valence-corrected chi connectivity index (χ0v) is 16.9. The lowest BCUT2D eigenvalue weighted by Crippen LogP contribution is -2.27. The molecule has 7 heteroatoms. The minimum Gasteiger partial charge on any atom is -0.350 e. The van der Waals surface area contributed by atoms with Crippen LogP contribution in [0.3, 0.4) is 0 Å². The number of Topliss-reactive ketones (excluding diaryl/α,β-unsaturated/α-hetero) is 1. The van der Waals surface area contributed by atoms with E-state index in [1.165, 1.54) is 12.1 Å². The van der Waals surface area contributed by atoms with E-state index in [0.29, 0.717) is 5.56 Å². The number of carbonyl (C=O) groups excluding carboxylic acids is 2. The van der Waals surface area contributed by atoms with Crippen LogP contribution in [-0.4, -0.2) is 26.4 Å². The Hall–Kier alpha value is -1.99. The van der Waals surface area contributed by atoms with Gasteiger partial charge in [-0.25, -0.2) is 8.42 Å². The maximum atomic E-state index is 12.1. The van der Waals surface area contributed by atoms with Gasteiger partial charge in [-0.2, -0.15) is 0 Å². The number of rotatable bonds is 7. The Balaban J connectivity index is 1.88. The summed E-state index contributed by atoms with van der Waals surface area (Å²) >= 11 is 3.31. The largest absolute Gasteiger partial charge is 0.350 e. The van der Waals surface area contributed by atoms with Crippen LogP contribution < -0.4 is 5.32 Å². The third-order valence-corrected chi connectivity index (χ3v) is 5.59. The normalized spacial score (nSPS) is 12.4. The van der Waals surface area contributed by atoms with Crippen molar-refractivity contribution in [3.8, 4) is 0 Å². The predicted molar refractivity (Wildman–Crippen MR) is 104 cm³/mol. The monoisotopic (exact) mass is 437 g/mol. The fraction of sp³-hybridized carbons (Fsp3) is 0.263. The molecular weight excluding hydrogens is 418 g/mol. The minimum absolute atomic E-state index is 0.0854. The van der Waals surface area contributed by atoms with Crippen molar-refractivity contribution in [2.45, 2.75) is 30.7 Å². The molecule has 0 unspecified atom stereocenters. The number of nitrogens with one attached hydrogen (secondary N) is 1. The molecule has 1 amide bonds. The molecule has 138 valence electrons. The minimum atomic E-state index is -3.24. The molecule has 2 aromatic carbocycles. The van der Waals surface area contributed by atoms with Gasteiger partial charge >= 0.3 is 0 Å². The van der Waals surface area contributed by atoms with Crippen molar-refractivity contribution in [1.29, 1.82) is 0 Å². The first-order valence-corrected chi connectivity index (χ1v) is 10.7. The lowest BCUT2D eigenvalue weighted by Gasteiger charge is -2.14. The Bertz CT molecular complexity index is 890. The SMILES string of the molecule is C[C@H](NC(=O)CCC(=O)c1ccc(Br)cc1)c1ccc(S(C)(=O)=O)cc1. The van der Waals surface area contributed by atoms with Crippen LogP contribution >= 0.6 is 15.9 Å². The van der Waals surface area contributed by atoms with Crippen LogP contribution in [0.2, 0.25) is 0 Å². The molecule has 0 aliphatic rings. The molecule has 0 spiro atoms. The van der Waals surface area contributed by atoms with Gasteiger partial charge in [0, 0.05) is 29.1 Å². The van der Waals surface area contributed by atoms with Gasteiger partial charge in [0.25, 0.3) is 0 Å². The number of carbonyl (C=O) groups is 2. The molecule has 0 saturated heterocycles. The molecule has 0 radical (unpaired) electrons. The van der Waals surface area contributed by atoms with Gasteiger partial charge < -0.3 is 5.32 Å². The number of ketones is 1. The zero-order chi connectivity index (χ0) is 19.3. The molecule has 1 N–H and O–H groups in total. The molecule has 0 aromatic heterocycles. The number of benzene rings is 2. The molecule has 1 atom stereocenters. The van der Waals surface area contributed by atoms with Crippen LogP contribution in [0.5, 0.6) is 0 Å². The Morgan fingerprint density at radius 2 is 1.58 bits per heavy atom. The van der Waals surface area contributed by atoms with Crippen LogP contribution in [0.4, 0.5) is 0 Å². The van der Waals surface area contributed by atoms with Crippen LogP contribution in [0, 0.1) is 0 Å². The fourth-order valence-electron chi connectivity index (χ4n) is 2.41. The molecule has 2 rings (SSSR count). The molecule has 2 aromatic rings. The van der Waals surface area contributed by atoms with E-state index < -0.39 is 9.84 Å². The van der Waals surface area contributed by atoms with Crippen molar-refractivity contribution in [1.82, 2.24) is 5.32 Å². The van der Waals surface area contributed by atoms with E-state index >= 15 is 0 Å². The average molecular weight is 438 g/mol. The molecule has 26 heavy (non-hydrogen) atoms. The highest BCUT2D eigenvalue weighted by molar-refractivity contribution is 9.10. The fourth-order valence-corrected chi connectivity index (χ4v) is 3.30. The van der Waals surface area contributed by atoms with E-state index in [2.05, 4.69) is 21.2 Å². The smallest absolute Gasteiger partial charge is 0.220 e. The van der Waals surface area contributed by atoms with Crippen LogP contribution in [0.1, 0.15) is 41.7 Å². The highest BCUT2D eigenvalue weighted by Gasteiger charge is 2.14. The van der Waals surface area contributed by atoms with Crippen LogP contribution in [-0.2, 0) is 14.6 Å². The number of hydrogen-bond donors (Lipinski definition) is 1. The molecule has 0 saturated carbocycles. The molecule has 0 aliphatic heterocycles. The van der Waals surface area contributed by atoms with Gasteiger partial charge in [0.15, 0.2) is 15.6 Å². The molecule has 0 heterocycles. The van der Waals surface area contributed by atoms with Gasteiger partial charge in [-0.05, 0) is 36.8 Å². The molecule has 0 aliphatic carbocycles. The summed E-state index contributed by atoms with van der Waals surface area (Å²) < 4.78 is 23.8. The second-order valence-corrected chi connectivity index (χ2v) is 8.99. The van der Waals surface area contributed by atoms with E-state index in [1.807, 2.05) is 6.92 Å². The third kappa shape index (κ3) is 5.78. The number of hydrogen-bond acceptors (Lipinski definition) is 4. The number of amides is 1. The first-order chi connectivity index (χ1) is 12.2. The Morgan fingerprint density at radius 1 is 1.00 bits per heavy atom. The van der Waals surface area contributed by atoms with Crippen molar-refractivity contribution < 1.29 is 18.0 Å². The quantitative estimate of drug-likeness (QED) is 0.669. The van der Waals surface area contributed by atoms with Gasteiger partial charge in [-0.1, -0.05) is 40.2 Å². The van der Waals surface area contributed by atoms with Gasteiger partial charge in [-0.3, -0.25) is 9.59 Å². The Kier molecular flexibility index (Phi) is 6.72. The average Bonchev–Trinajstić information content (AvgIpc) is 2.59. The Labute approximate surface area is 161 Å². The highest BCUT2D eigenvalue weighted by Crippen LogP contribution is 2.17. The summed E-state index contributed by atoms with van der Waals surface area (Å²) in [5.74, 6) is -0.312. The standard InChI is InChI=1S/C19H20BrNO4S/c1-13(14-5-9-17(10-6-14)26(2,24)25)21-19(23)12-11-18(22)15-3-7-16(20)8-4-15/h3-10,13H,11-12H2,1-2H3,(H,21,23)/t13-/m0/s1. The maximum absolute atomic E-state index is 12.1. The van der Waals surface area contributed by atoms with Crippen molar-refractivity contribution in [3.05, 3.63) is 64.1 Å². The van der Waals surface area contributed by atoms with Gasteiger partial charge in [0.05, 0.1) is 10.9 Å². The van der Waals surface area contributed by atoms with E-state index in [1.54, 1.807) is 36.4 Å². The third-order valence-electron chi connectivity index (χ3n) is 3.93. The predicted octanol–water partition coefficient (Wildman–Crippen LogP) is 3.69. The van der Waals surface area contributed by atoms with Crippen LogP contribution in [0.25, 0.3) is 0 Å². The van der Waals surface area contributed by atoms with Gasteiger partial charge in [-0.15, -0.1) is 0 Å². The summed E-state index contributed by atoms with van der Waals surface area (Å²) in [6, 6.07) is 13.1. The maximum Gasteiger partial charge on any atom is 0.220 e. The van der Waals surface area contributed by atoms with Crippen molar-refractivity contribution in [3.63, 3.8) is 0 Å². The molecule has 0 fully saturated rings. The summed E-state index contributed by atoms with van der Waals surface area (Å²) in [6.07, 6.45) is 1.38. The zero-order valence-electron chi connectivity index (χ0n) is 14.5. The second-order valence-electron chi connectivity index (χ2n) is 6.06. The molecule has 5 nitrogen and oxygen atoms in total. The van der Waals surface area contributed by atoms with E-state index in [4.69, 9.17) is 0 Å². The van der Waals surface area contributed by atoms with Gasteiger partial charge in [0.1, 0.15) is 0 Å². The van der Waals surface area contributed by atoms with E-state index in [9.17, 15) is 18.0 Å². The first-order valence-electron chi connectivity index (χ1n) is 8.05. The summed E-state index contributed by atoms with van der Waals surface area (Å²) in [7, 11) is -3.24. The number of sulfone groups is 1. The summed E-state index contributed by atoms with van der Waals surface area (Å²) in [5.41, 5.74) is 1.37. The lowest BCUT2D eigenvalue weighted by molar-refractivity contribution is -0.121.